The van der Waals surface area contributed by atoms with Crippen molar-refractivity contribution in [1.29, 1.82) is 0 Å². The summed E-state index contributed by atoms with van der Waals surface area (Å²) in [5, 5.41) is 6.63. The first-order chi connectivity index (χ1) is 10.1. The number of amides is 1. The average Bonchev–Trinajstić information content (AvgIpc) is 2.50. The minimum absolute atomic E-state index is 0.000186. The molecule has 1 aliphatic rings. The zero-order chi connectivity index (χ0) is 15.2. The summed E-state index contributed by atoms with van der Waals surface area (Å²) in [6.45, 7) is 5.13. The van der Waals surface area contributed by atoms with Gasteiger partial charge in [0, 0.05) is 17.6 Å². The summed E-state index contributed by atoms with van der Waals surface area (Å²) in [5.74, 6) is 0.763. The van der Waals surface area contributed by atoms with Crippen LogP contribution in [-0.2, 0) is 0 Å². The van der Waals surface area contributed by atoms with E-state index in [1.807, 2.05) is 25.1 Å². The van der Waals surface area contributed by atoms with Crippen LogP contribution in [0.5, 0.6) is 5.75 Å². The number of ether oxygens (including phenoxy) is 1. The van der Waals surface area contributed by atoms with Gasteiger partial charge in [-0.05, 0) is 56.8 Å². The lowest BCUT2D eigenvalue weighted by molar-refractivity contribution is 0.0924. The SMILES string of the molecule is CCNC1CCC(NC(=O)c2ccc(C)c(OC)c2)CC1. The second-order valence-corrected chi connectivity index (χ2v) is 5.76. The number of aryl methyl sites for hydroxylation is 1. The van der Waals surface area contributed by atoms with E-state index in [4.69, 9.17) is 4.74 Å². The van der Waals surface area contributed by atoms with Crippen molar-refractivity contribution in [2.75, 3.05) is 13.7 Å². The maximum atomic E-state index is 12.3. The van der Waals surface area contributed by atoms with Crippen LogP contribution in [0.3, 0.4) is 0 Å². The van der Waals surface area contributed by atoms with Crippen molar-refractivity contribution in [3.8, 4) is 5.75 Å². The normalized spacial score (nSPS) is 21.9. The van der Waals surface area contributed by atoms with Gasteiger partial charge in [-0.2, -0.15) is 0 Å². The molecule has 1 amide bonds. The Labute approximate surface area is 127 Å². The van der Waals surface area contributed by atoms with Crippen LogP contribution >= 0.6 is 0 Å². The number of hydrogen-bond acceptors (Lipinski definition) is 3. The molecule has 4 heteroatoms. The summed E-state index contributed by atoms with van der Waals surface area (Å²) in [6.07, 6.45) is 4.37. The lowest BCUT2D eigenvalue weighted by Gasteiger charge is -2.29. The number of benzene rings is 1. The summed E-state index contributed by atoms with van der Waals surface area (Å²) in [7, 11) is 1.63. The highest BCUT2D eigenvalue weighted by molar-refractivity contribution is 5.94. The van der Waals surface area contributed by atoms with Crippen LogP contribution in [0, 0.1) is 6.92 Å². The summed E-state index contributed by atoms with van der Waals surface area (Å²) in [5.41, 5.74) is 1.71. The molecular formula is C17H26N2O2. The Balaban J connectivity index is 1.90. The number of hydrogen-bond donors (Lipinski definition) is 2. The predicted octanol–water partition coefficient (Wildman–Crippen LogP) is 2.65. The Bertz CT molecular complexity index is 480. The van der Waals surface area contributed by atoms with Gasteiger partial charge in [-0.25, -0.2) is 0 Å². The van der Waals surface area contributed by atoms with Gasteiger partial charge in [0.25, 0.3) is 5.91 Å². The molecule has 0 saturated heterocycles. The first-order valence-corrected chi connectivity index (χ1v) is 7.83. The summed E-state index contributed by atoms with van der Waals surface area (Å²) >= 11 is 0. The summed E-state index contributed by atoms with van der Waals surface area (Å²) < 4.78 is 5.28. The fraction of sp³-hybridized carbons (Fsp3) is 0.588. The molecule has 0 radical (unpaired) electrons. The van der Waals surface area contributed by atoms with Crippen molar-refractivity contribution >= 4 is 5.91 Å². The molecule has 1 fully saturated rings. The van der Waals surface area contributed by atoms with E-state index in [0.717, 1.165) is 43.5 Å². The monoisotopic (exact) mass is 290 g/mol. The summed E-state index contributed by atoms with van der Waals surface area (Å²) in [6, 6.07) is 6.50. The van der Waals surface area contributed by atoms with Crippen molar-refractivity contribution in [3.63, 3.8) is 0 Å². The molecule has 2 rings (SSSR count). The molecule has 0 unspecified atom stereocenters. The lowest BCUT2D eigenvalue weighted by Crippen LogP contribution is -2.42. The molecule has 0 aliphatic heterocycles. The van der Waals surface area contributed by atoms with Crippen LogP contribution in [0.2, 0.25) is 0 Å². The molecule has 2 N–H and O–H groups in total. The summed E-state index contributed by atoms with van der Waals surface area (Å²) in [4.78, 5) is 12.3. The maximum absolute atomic E-state index is 12.3. The molecule has 116 valence electrons. The molecule has 1 saturated carbocycles. The Morgan fingerprint density at radius 2 is 1.90 bits per heavy atom. The van der Waals surface area contributed by atoms with Crippen molar-refractivity contribution in [3.05, 3.63) is 29.3 Å². The molecule has 0 heterocycles. The fourth-order valence-corrected chi connectivity index (χ4v) is 2.96. The first kappa shape index (κ1) is 15.8. The smallest absolute Gasteiger partial charge is 0.251 e. The van der Waals surface area contributed by atoms with Gasteiger partial charge in [0.1, 0.15) is 5.75 Å². The number of carbonyl (C=O) groups is 1. The van der Waals surface area contributed by atoms with Crippen LogP contribution in [0.1, 0.15) is 48.5 Å². The molecular weight excluding hydrogens is 264 g/mol. The van der Waals surface area contributed by atoms with Crippen molar-refractivity contribution in [2.45, 2.75) is 51.6 Å². The van der Waals surface area contributed by atoms with Gasteiger partial charge in [-0.3, -0.25) is 4.79 Å². The molecule has 21 heavy (non-hydrogen) atoms. The highest BCUT2D eigenvalue weighted by Gasteiger charge is 2.22. The lowest BCUT2D eigenvalue weighted by atomic mass is 9.91. The van der Waals surface area contributed by atoms with Crippen molar-refractivity contribution < 1.29 is 9.53 Å². The zero-order valence-electron chi connectivity index (χ0n) is 13.2. The van der Waals surface area contributed by atoms with E-state index in [0.29, 0.717) is 17.6 Å². The molecule has 0 spiro atoms. The second kappa shape index (κ2) is 7.46. The maximum Gasteiger partial charge on any atom is 0.251 e. The number of nitrogens with one attached hydrogen (secondary N) is 2. The number of rotatable bonds is 5. The highest BCUT2D eigenvalue weighted by atomic mass is 16.5. The Kier molecular flexibility index (Phi) is 5.62. The van der Waals surface area contributed by atoms with E-state index in [1.54, 1.807) is 7.11 Å². The molecule has 0 aromatic heterocycles. The average molecular weight is 290 g/mol. The van der Waals surface area contributed by atoms with Crippen LogP contribution in [0.4, 0.5) is 0 Å². The van der Waals surface area contributed by atoms with Gasteiger partial charge in [-0.1, -0.05) is 13.0 Å². The quantitative estimate of drug-likeness (QED) is 0.876. The predicted molar refractivity (Wildman–Crippen MR) is 84.9 cm³/mol. The van der Waals surface area contributed by atoms with Gasteiger partial charge < -0.3 is 15.4 Å². The largest absolute Gasteiger partial charge is 0.496 e. The minimum atomic E-state index is 0.000186. The zero-order valence-corrected chi connectivity index (χ0v) is 13.2. The van der Waals surface area contributed by atoms with E-state index < -0.39 is 0 Å². The van der Waals surface area contributed by atoms with Gasteiger partial charge in [0.15, 0.2) is 0 Å². The van der Waals surface area contributed by atoms with Crippen LogP contribution in [0.25, 0.3) is 0 Å². The van der Waals surface area contributed by atoms with E-state index in [9.17, 15) is 4.79 Å². The topological polar surface area (TPSA) is 50.4 Å². The van der Waals surface area contributed by atoms with Crippen molar-refractivity contribution in [2.24, 2.45) is 0 Å². The third-order valence-corrected chi connectivity index (χ3v) is 4.23. The van der Waals surface area contributed by atoms with Gasteiger partial charge in [-0.15, -0.1) is 0 Å². The second-order valence-electron chi connectivity index (χ2n) is 5.76. The Morgan fingerprint density at radius 1 is 1.24 bits per heavy atom. The first-order valence-electron chi connectivity index (χ1n) is 7.83. The standard InChI is InChI=1S/C17H26N2O2/c1-4-18-14-7-9-15(10-8-14)19-17(20)13-6-5-12(2)16(11-13)21-3/h5-6,11,14-15,18H,4,7-10H2,1-3H3,(H,19,20). The van der Waals surface area contributed by atoms with E-state index >= 15 is 0 Å². The van der Waals surface area contributed by atoms with Crippen LogP contribution in [-0.4, -0.2) is 31.6 Å². The Hall–Kier alpha value is -1.55. The minimum Gasteiger partial charge on any atom is -0.496 e. The van der Waals surface area contributed by atoms with E-state index in [1.165, 1.54) is 0 Å². The van der Waals surface area contributed by atoms with Gasteiger partial charge in [0.2, 0.25) is 0 Å². The molecule has 1 aliphatic carbocycles. The molecule has 0 bridgehead atoms. The van der Waals surface area contributed by atoms with E-state index in [-0.39, 0.29) is 5.91 Å². The third-order valence-electron chi connectivity index (χ3n) is 4.23. The fourth-order valence-electron chi connectivity index (χ4n) is 2.96. The highest BCUT2D eigenvalue weighted by Crippen LogP contribution is 2.21. The van der Waals surface area contributed by atoms with E-state index in [2.05, 4.69) is 17.6 Å². The molecule has 0 atom stereocenters. The number of methoxy groups -OCH3 is 1. The third kappa shape index (κ3) is 4.21. The Morgan fingerprint density at radius 3 is 2.52 bits per heavy atom. The number of carbonyl (C=O) groups excluding carboxylic acids is 1. The van der Waals surface area contributed by atoms with Crippen LogP contribution in [0.15, 0.2) is 18.2 Å². The molecule has 1 aromatic carbocycles. The molecule has 4 nitrogen and oxygen atoms in total. The van der Waals surface area contributed by atoms with Crippen LogP contribution < -0.4 is 15.4 Å². The van der Waals surface area contributed by atoms with Gasteiger partial charge >= 0.3 is 0 Å². The van der Waals surface area contributed by atoms with Gasteiger partial charge in [0.05, 0.1) is 7.11 Å². The molecule has 1 aromatic rings. The van der Waals surface area contributed by atoms with Crippen molar-refractivity contribution in [1.82, 2.24) is 10.6 Å².